The maximum atomic E-state index is 5.61. The highest BCUT2D eigenvalue weighted by Crippen LogP contribution is 2.28. The third kappa shape index (κ3) is 3.51. The lowest BCUT2D eigenvalue weighted by atomic mass is 9.95. The molecule has 0 aromatic carbocycles. The summed E-state index contributed by atoms with van der Waals surface area (Å²) in [4.78, 5) is 11.4. The van der Waals surface area contributed by atoms with Gasteiger partial charge in [-0.2, -0.15) is 11.3 Å². The maximum absolute atomic E-state index is 5.61. The molecule has 2 aromatic rings. The van der Waals surface area contributed by atoms with Crippen molar-refractivity contribution < 1.29 is 0 Å². The summed E-state index contributed by atoms with van der Waals surface area (Å²) in [6.45, 7) is 9.10. The molecular formula is C15H23N5S. The number of hydrazine groups is 1. The van der Waals surface area contributed by atoms with E-state index in [2.05, 4.69) is 52.9 Å². The minimum absolute atomic E-state index is 0.128. The van der Waals surface area contributed by atoms with E-state index in [-0.39, 0.29) is 5.41 Å². The maximum Gasteiger partial charge on any atom is 0.148 e. The van der Waals surface area contributed by atoms with Gasteiger partial charge in [-0.1, -0.05) is 20.8 Å². The van der Waals surface area contributed by atoms with Gasteiger partial charge in [0.2, 0.25) is 0 Å². The molecule has 0 unspecified atom stereocenters. The molecule has 0 fully saturated rings. The number of thiophene rings is 1. The van der Waals surface area contributed by atoms with Crippen LogP contribution in [0, 0.1) is 6.92 Å². The van der Waals surface area contributed by atoms with Crippen LogP contribution in [0.2, 0.25) is 0 Å². The van der Waals surface area contributed by atoms with Crippen molar-refractivity contribution in [3.8, 4) is 0 Å². The van der Waals surface area contributed by atoms with E-state index in [9.17, 15) is 0 Å². The first-order chi connectivity index (χ1) is 9.82. The van der Waals surface area contributed by atoms with Crippen LogP contribution in [-0.4, -0.2) is 17.0 Å². The average Bonchev–Trinajstić information content (AvgIpc) is 2.90. The van der Waals surface area contributed by atoms with E-state index in [4.69, 9.17) is 10.8 Å². The van der Waals surface area contributed by atoms with Gasteiger partial charge in [0.15, 0.2) is 0 Å². The van der Waals surface area contributed by atoms with Gasteiger partial charge < -0.3 is 10.3 Å². The van der Waals surface area contributed by atoms with Crippen molar-refractivity contribution in [1.29, 1.82) is 0 Å². The van der Waals surface area contributed by atoms with Crippen molar-refractivity contribution in [3.63, 3.8) is 0 Å². The first-order valence-corrected chi connectivity index (χ1v) is 7.85. The van der Waals surface area contributed by atoms with Crippen LogP contribution in [-0.2, 0) is 12.0 Å². The van der Waals surface area contributed by atoms with E-state index < -0.39 is 0 Å². The van der Waals surface area contributed by atoms with Crippen molar-refractivity contribution in [2.24, 2.45) is 5.84 Å². The zero-order valence-corrected chi connectivity index (χ0v) is 14.1. The monoisotopic (exact) mass is 305 g/mol. The third-order valence-corrected chi connectivity index (χ3v) is 4.02. The van der Waals surface area contributed by atoms with Crippen LogP contribution in [0.1, 0.15) is 37.7 Å². The molecule has 0 atom stereocenters. The molecule has 3 N–H and O–H groups in total. The Morgan fingerprint density at radius 3 is 2.57 bits per heavy atom. The Hall–Kier alpha value is -1.66. The fraction of sp³-hybridized carbons (Fsp3) is 0.467. The Kier molecular flexibility index (Phi) is 4.49. The highest BCUT2D eigenvalue weighted by atomic mass is 32.1. The van der Waals surface area contributed by atoms with Gasteiger partial charge in [0.1, 0.15) is 17.5 Å². The Morgan fingerprint density at radius 2 is 2.05 bits per heavy atom. The predicted molar refractivity (Wildman–Crippen MR) is 89.7 cm³/mol. The fourth-order valence-corrected chi connectivity index (χ4v) is 2.74. The second-order valence-corrected chi connectivity index (χ2v) is 7.01. The second kappa shape index (κ2) is 5.99. The fourth-order valence-electron chi connectivity index (χ4n) is 2.08. The van der Waals surface area contributed by atoms with Gasteiger partial charge in [-0.25, -0.2) is 15.8 Å². The first kappa shape index (κ1) is 15.7. The van der Waals surface area contributed by atoms with Gasteiger partial charge in [0.05, 0.1) is 0 Å². The molecule has 0 amide bonds. The van der Waals surface area contributed by atoms with Crippen LogP contribution >= 0.6 is 11.3 Å². The molecule has 0 spiro atoms. The van der Waals surface area contributed by atoms with Gasteiger partial charge in [-0.3, -0.25) is 0 Å². The molecule has 0 bridgehead atoms. The summed E-state index contributed by atoms with van der Waals surface area (Å²) in [6.07, 6.45) is 0. The number of anilines is 2. The normalized spacial score (nSPS) is 11.5. The lowest BCUT2D eigenvalue weighted by Crippen LogP contribution is -2.25. The number of aromatic nitrogens is 2. The third-order valence-electron chi connectivity index (χ3n) is 3.29. The van der Waals surface area contributed by atoms with Gasteiger partial charge in [0.25, 0.3) is 0 Å². The minimum Gasteiger partial charge on any atom is -0.355 e. The summed E-state index contributed by atoms with van der Waals surface area (Å²) in [6, 6.07) is 2.13. The van der Waals surface area contributed by atoms with Gasteiger partial charge in [0, 0.05) is 24.6 Å². The Labute approximate surface area is 130 Å². The first-order valence-electron chi connectivity index (χ1n) is 6.91. The van der Waals surface area contributed by atoms with E-state index in [1.54, 1.807) is 11.3 Å². The number of nitrogen functional groups attached to an aromatic ring is 1. The second-order valence-electron chi connectivity index (χ2n) is 6.23. The van der Waals surface area contributed by atoms with Crippen LogP contribution in [0.15, 0.2) is 16.8 Å². The lowest BCUT2D eigenvalue weighted by Gasteiger charge is -2.25. The average molecular weight is 305 g/mol. The summed E-state index contributed by atoms with van der Waals surface area (Å²) in [5.74, 6) is 7.99. The van der Waals surface area contributed by atoms with Crippen LogP contribution in [0.4, 0.5) is 11.6 Å². The van der Waals surface area contributed by atoms with Gasteiger partial charge >= 0.3 is 0 Å². The quantitative estimate of drug-likeness (QED) is 0.671. The van der Waals surface area contributed by atoms with E-state index in [0.717, 1.165) is 23.8 Å². The molecule has 6 heteroatoms. The lowest BCUT2D eigenvalue weighted by molar-refractivity contribution is 0.544. The molecule has 2 aromatic heterocycles. The Bertz CT molecular complexity index is 601. The number of rotatable bonds is 4. The molecular weight excluding hydrogens is 282 g/mol. The van der Waals surface area contributed by atoms with Crippen molar-refractivity contribution in [2.45, 2.75) is 39.7 Å². The van der Waals surface area contributed by atoms with E-state index in [1.165, 1.54) is 5.56 Å². The summed E-state index contributed by atoms with van der Waals surface area (Å²) in [5, 5.41) is 4.24. The van der Waals surface area contributed by atoms with E-state index >= 15 is 0 Å². The van der Waals surface area contributed by atoms with E-state index in [1.807, 2.05) is 14.0 Å². The number of hydrogen-bond donors (Lipinski definition) is 2. The van der Waals surface area contributed by atoms with Crippen LogP contribution in [0.3, 0.4) is 0 Å². The summed E-state index contributed by atoms with van der Waals surface area (Å²) in [5.41, 5.74) is 4.80. The predicted octanol–water partition coefficient (Wildman–Crippen LogP) is 3.07. The molecule has 5 nitrogen and oxygen atoms in total. The Balaban J connectivity index is 2.41. The Morgan fingerprint density at radius 1 is 1.33 bits per heavy atom. The SMILES string of the molecule is Cc1c(NN)nc(C(C)(C)C)nc1N(C)Cc1ccsc1. The number of nitrogens with one attached hydrogen (secondary N) is 1. The number of nitrogens with two attached hydrogens (primary N) is 1. The smallest absolute Gasteiger partial charge is 0.148 e. The van der Waals surface area contributed by atoms with Crippen LogP contribution in [0.25, 0.3) is 0 Å². The highest BCUT2D eigenvalue weighted by molar-refractivity contribution is 7.07. The molecule has 0 radical (unpaired) electrons. The van der Waals surface area contributed by atoms with Crippen molar-refractivity contribution in [3.05, 3.63) is 33.8 Å². The van der Waals surface area contributed by atoms with Gasteiger partial charge in [-0.15, -0.1) is 0 Å². The largest absolute Gasteiger partial charge is 0.355 e. The molecule has 0 saturated carbocycles. The topological polar surface area (TPSA) is 67.1 Å². The zero-order valence-electron chi connectivity index (χ0n) is 13.3. The van der Waals surface area contributed by atoms with Crippen LogP contribution in [0.5, 0.6) is 0 Å². The van der Waals surface area contributed by atoms with Crippen molar-refractivity contribution in [1.82, 2.24) is 9.97 Å². The molecule has 114 valence electrons. The standard InChI is InChI=1S/C15H23N5S/c1-10-12(19-16)17-14(15(2,3)4)18-13(10)20(5)8-11-6-7-21-9-11/h6-7,9H,8,16H2,1-5H3,(H,17,18,19). The molecule has 0 aliphatic heterocycles. The molecule has 2 heterocycles. The molecule has 0 saturated heterocycles. The summed E-state index contributed by atoms with van der Waals surface area (Å²) in [7, 11) is 2.04. The molecule has 2 rings (SSSR count). The van der Waals surface area contributed by atoms with E-state index in [0.29, 0.717) is 5.82 Å². The van der Waals surface area contributed by atoms with Crippen molar-refractivity contribution in [2.75, 3.05) is 17.4 Å². The number of nitrogens with zero attached hydrogens (tertiary/aromatic N) is 3. The molecule has 0 aliphatic rings. The van der Waals surface area contributed by atoms with Gasteiger partial charge in [-0.05, 0) is 29.3 Å². The van der Waals surface area contributed by atoms with Crippen molar-refractivity contribution >= 4 is 23.0 Å². The zero-order chi connectivity index (χ0) is 15.6. The molecule has 0 aliphatic carbocycles. The number of hydrogen-bond acceptors (Lipinski definition) is 6. The summed E-state index contributed by atoms with van der Waals surface area (Å²) < 4.78 is 0. The molecule has 21 heavy (non-hydrogen) atoms. The summed E-state index contributed by atoms with van der Waals surface area (Å²) >= 11 is 1.70. The highest BCUT2D eigenvalue weighted by Gasteiger charge is 2.22. The van der Waals surface area contributed by atoms with Crippen LogP contribution < -0.4 is 16.2 Å². The minimum atomic E-state index is -0.128.